The average molecular weight is 322 g/mol. The van der Waals surface area contributed by atoms with Crippen molar-refractivity contribution in [2.45, 2.75) is 19.1 Å². The standard InChI is InChI=1S/C16H17F3N4/c17-16(18,19)13-6-4-12(5-7-13)11-23-15(20)22-10-8-14-3-1-2-9-21-14/h1-7,9H,8,10-11H2,(H3,20,22,23). The van der Waals surface area contributed by atoms with Crippen LogP contribution in [-0.2, 0) is 19.1 Å². The maximum Gasteiger partial charge on any atom is 0.416 e. The Morgan fingerprint density at radius 2 is 1.87 bits per heavy atom. The number of pyridine rings is 1. The molecule has 0 bridgehead atoms. The van der Waals surface area contributed by atoms with E-state index >= 15 is 0 Å². The molecule has 4 nitrogen and oxygen atoms in total. The van der Waals surface area contributed by atoms with Crippen LogP contribution in [0.5, 0.6) is 0 Å². The van der Waals surface area contributed by atoms with Gasteiger partial charge in [-0.05, 0) is 29.8 Å². The molecule has 1 aromatic carbocycles. The van der Waals surface area contributed by atoms with Crippen molar-refractivity contribution in [3.8, 4) is 0 Å². The quantitative estimate of drug-likeness (QED) is 0.657. The third-order valence-electron chi connectivity index (χ3n) is 3.13. The first-order chi connectivity index (χ1) is 10.9. The minimum Gasteiger partial charge on any atom is -0.370 e. The zero-order valence-electron chi connectivity index (χ0n) is 12.3. The molecule has 1 aromatic heterocycles. The van der Waals surface area contributed by atoms with E-state index in [1.54, 1.807) is 6.20 Å². The highest BCUT2D eigenvalue weighted by Gasteiger charge is 2.29. The number of nitrogens with one attached hydrogen (secondary N) is 1. The van der Waals surface area contributed by atoms with E-state index in [1.807, 2.05) is 18.2 Å². The number of alkyl halides is 3. The molecule has 0 atom stereocenters. The molecule has 0 amide bonds. The van der Waals surface area contributed by atoms with Crippen LogP contribution < -0.4 is 11.1 Å². The second-order valence-electron chi connectivity index (χ2n) is 4.89. The molecule has 0 radical (unpaired) electrons. The van der Waals surface area contributed by atoms with Crippen LogP contribution in [0.3, 0.4) is 0 Å². The van der Waals surface area contributed by atoms with Gasteiger partial charge in [-0.1, -0.05) is 18.2 Å². The third kappa shape index (κ3) is 5.61. The fourth-order valence-corrected chi connectivity index (χ4v) is 1.90. The molecule has 0 saturated carbocycles. The van der Waals surface area contributed by atoms with Crippen molar-refractivity contribution in [2.75, 3.05) is 6.54 Å². The van der Waals surface area contributed by atoms with Crippen molar-refractivity contribution >= 4 is 5.96 Å². The Bertz CT molecular complexity index is 637. The van der Waals surface area contributed by atoms with Crippen molar-refractivity contribution < 1.29 is 13.2 Å². The summed E-state index contributed by atoms with van der Waals surface area (Å²) in [6.45, 7) is 0.805. The summed E-state index contributed by atoms with van der Waals surface area (Å²) in [6, 6.07) is 10.5. The second-order valence-corrected chi connectivity index (χ2v) is 4.89. The zero-order valence-corrected chi connectivity index (χ0v) is 12.3. The summed E-state index contributed by atoms with van der Waals surface area (Å²) in [6.07, 6.45) is -1.90. The highest BCUT2D eigenvalue weighted by molar-refractivity contribution is 5.77. The normalized spacial score (nSPS) is 12.2. The molecule has 23 heavy (non-hydrogen) atoms. The molecule has 0 aliphatic carbocycles. The van der Waals surface area contributed by atoms with Crippen molar-refractivity contribution in [2.24, 2.45) is 10.7 Å². The summed E-state index contributed by atoms with van der Waals surface area (Å²) < 4.78 is 37.4. The number of halogens is 3. The van der Waals surface area contributed by atoms with Crippen LogP contribution in [0.15, 0.2) is 53.7 Å². The van der Waals surface area contributed by atoms with E-state index in [-0.39, 0.29) is 12.5 Å². The fraction of sp³-hybridized carbons (Fsp3) is 0.250. The molecule has 0 saturated heterocycles. The molecule has 3 N–H and O–H groups in total. The number of rotatable bonds is 5. The van der Waals surface area contributed by atoms with Gasteiger partial charge in [0.05, 0.1) is 12.1 Å². The number of aliphatic imine (C=N–C) groups is 1. The van der Waals surface area contributed by atoms with Crippen molar-refractivity contribution in [3.05, 3.63) is 65.5 Å². The molecular weight excluding hydrogens is 305 g/mol. The Balaban J connectivity index is 1.80. The van der Waals surface area contributed by atoms with Gasteiger partial charge in [-0.3, -0.25) is 4.98 Å². The lowest BCUT2D eigenvalue weighted by Crippen LogP contribution is -2.33. The van der Waals surface area contributed by atoms with Gasteiger partial charge in [-0.2, -0.15) is 13.2 Å². The van der Waals surface area contributed by atoms with Gasteiger partial charge in [0.1, 0.15) is 0 Å². The van der Waals surface area contributed by atoms with Crippen LogP contribution in [0.4, 0.5) is 13.2 Å². The van der Waals surface area contributed by atoms with E-state index in [0.717, 1.165) is 17.8 Å². The first kappa shape index (κ1) is 16.8. The number of benzene rings is 1. The lowest BCUT2D eigenvalue weighted by molar-refractivity contribution is -0.137. The van der Waals surface area contributed by atoms with E-state index in [9.17, 15) is 13.2 Å². The summed E-state index contributed by atoms with van der Waals surface area (Å²) in [5.74, 6) is 0.251. The summed E-state index contributed by atoms with van der Waals surface area (Å²) in [4.78, 5) is 8.28. The average Bonchev–Trinajstić information content (AvgIpc) is 2.53. The molecule has 2 rings (SSSR count). The summed E-state index contributed by atoms with van der Waals surface area (Å²) in [5.41, 5.74) is 6.65. The molecule has 7 heteroatoms. The highest BCUT2D eigenvalue weighted by atomic mass is 19.4. The topological polar surface area (TPSA) is 63.3 Å². The number of nitrogens with two attached hydrogens (primary N) is 1. The maximum atomic E-state index is 12.5. The minimum absolute atomic E-state index is 0.223. The van der Waals surface area contributed by atoms with Gasteiger partial charge in [0, 0.05) is 24.9 Å². The van der Waals surface area contributed by atoms with Crippen LogP contribution in [0.2, 0.25) is 0 Å². The molecule has 1 heterocycles. The van der Waals surface area contributed by atoms with Gasteiger partial charge in [0.2, 0.25) is 0 Å². The molecule has 0 unspecified atom stereocenters. The third-order valence-corrected chi connectivity index (χ3v) is 3.13. The SMILES string of the molecule is NC(=NCc1ccc(C(F)(F)F)cc1)NCCc1ccccn1. The molecule has 2 aromatic rings. The van der Waals surface area contributed by atoms with E-state index in [0.29, 0.717) is 18.5 Å². The molecule has 0 spiro atoms. The molecule has 122 valence electrons. The van der Waals surface area contributed by atoms with Crippen LogP contribution >= 0.6 is 0 Å². The van der Waals surface area contributed by atoms with E-state index in [1.165, 1.54) is 12.1 Å². The van der Waals surface area contributed by atoms with Gasteiger partial charge < -0.3 is 11.1 Å². The van der Waals surface area contributed by atoms with Gasteiger partial charge >= 0.3 is 6.18 Å². The van der Waals surface area contributed by atoms with E-state index < -0.39 is 11.7 Å². The molecule has 0 aliphatic rings. The highest BCUT2D eigenvalue weighted by Crippen LogP contribution is 2.29. The number of aromatic nitrogens is 1. The monoisotopic (exact) mass is 322 g/mol. The second kappa shape index (κ2) is 7.62. The lowest BCUT2D eigenvalue weighted by Gasteiger charge is -2.07. The largest absolute Gasteiger partial charge is 0.416 e. The Labute approximate surface area is 132 Å². The fourth-order valence-electron chi connectivity index (χ4n) is 1.90. The predicted octanol–water partition coefficient (Wildman–Crippen LogP) is 2.75. The number of guanidine groups is 1. The Kier molecular flexibility index (Phi) is 5.56. The van der Waals surface area contributed by atoms with Gasteiger partial charge in [-0.25, -0.2) is 4.99 Å². The molecular formula is C16H17F3N4. The summed E-state index contributed by atoms with van der Waals surface area (Å²) >= 11 is 0. The molecule has 0 fully saturated rings. The van der Waals surface area contributed by atoms with Crippen molar-refractivity contribution in [1.29, 1.82) is 0 Å². The predicted molar refractivity (Wildman–Crippen MR) is 82.7 cm³/mol. The van der Waals surface area contributed by atoms with Crippen molar-refractivity contribution in [1.82, 2.24) is 10.3 Å². The summed E-state index contributed by atoms with van der Waals surface area (Å²) in [5, 5.41) is 2.94. The van der Waals surface area contributed by atoms with Gasteiger partial charge in [0.25, 0.3) is 0 Å². The van der Waals surface area contributed by atoms with Crippen LogP contribution in [-0.4, -0.2) is 17.5 Å². The summed E-state index contributed by atoms with van der Waals surface area (Å²) in [7, 11) is 0. The Hall–Kier alpha value is -2.57. The minimum atomic E-state index is -4.33. The first-order valence-corrected chi connectivity index (χ1v) is 7.05. The maximum absolute atomic E-state index is 12.5. The molecule has 0 aliphatic heterocycles. The van der Waals surface area contributed by atoms with Gasteiger partial charge in [0.15, 0.2) is 5.96 Å². The van der Waals surface area contributed by atoms with Gasteiger partial charge in [-0.15, -0.1) is 0 Å². The zero-order chi connectivity index (χ0) is 16.7. The van der Waals surface area contributed by atoms with Crippen LogP contribution in [0.25, 0.3) is 0 Å². The van der Waals surface area contributed by atoms with Crippen molar-refractivity contribution in [3.63, 3.8) is 0 Å². The van der Waals surface area contributed by atoms with E-state index in [2.05, 4.69) is 15.3 Å². The van der Waals surface area contributed by atoms with E-state index in [4.69, 9.17) is 5.73 Å². The number of nitrogens with zero attached hydrogens (tertiary/aromatic N) is 2. The number of hydrogen-bond acceptors (Lipinski definition) is 2. The Morgan fingerprint density at radius 1 is 1.13 bits per heavy atom. The smallest absolute Gasteiger partial charge is 0.370 e. The van der Waals surface area contributed by atoms with Crippen LogP contribution in [0, 0.1) is 0 Å². The Morgan fingerprint density at radius 3 is 2.48 bits per heavy atom. The van der Waals surface area contributed by atoms with Crippen LogP contribution in [0.1, 0.15) is 16.8 Å². The lowest BCUT2D eigenvalue weighted by atomic mass is 10.1. The first-order valence-electron chi connectivity index (χ1n) is 7.05. The number of hydrogen-bond donors (Lipinski definition) is 2.